The summed E-state index contributed by atoms with van der Waals surface area (Å²) in [5.74, 6) is 1.38. The van der Waals surface area contributed by atoms with E-state index in [2.05, 4.69) is 4.98 Å². The molecule has 6 heteroatoms. The molecule has 1 aliphatic carbocycles. The molecule has 0 radical (unpaired) electrons. The van der Waals surface area contributed by atoms with Gasteiger partial charge in [-0.1, -0.05) is 0 Å². The van der Waals surface area contributed by atoms with E-state index in [9.17, 15) is 10.2 Å². The van der Waals surface area contributed by atoms with Crippen molar-refractivity contribution in [2.75, 3.05) is 7.11 Å². The summed E-state index contributed by atoms with van der Waals surface area (Å²) >= 11 is 0. The molecule has 0 spiro atoms. The van der Waals surface area contributed by atoms with Crippen molar-refractivity contribution < 1.29 is 19.7 Å². The molecule has 0 saturated heterocycles. The van der Waals surface area contributed by atoms with Gasteiger partial charge in [0.05, 0.1) is 29.8 Å². The number of aliphatic hydroxyl groups is 1. The molecule has 2 N–H and O–H groups in total. The lowest BCUT2D eigenvalue weighted by atomic mass is 10.2. The maximum Gasteiger partial charge on any atom is 0.205 e. The molecule has 2 aromatic heterocycles. The number of aromatic hydroxyl groups is 1. The Bertz CT molecular complexity index is 911. The summed E-state index contributed by atoms with van der Waals surface area (Å²) < 4.78 is 13.3. The van der Waals surface area contributed by atoms with Crippen LogP contribution < -0.4 is 9.47 Å². The molecule has 2 heterocycles. The first-order valence-electron chi connectivity index (χ1n) is 8.76. The van der Waals surface area contributed by atoms with Crippen LogP contribution in [0.25, 0.3) is 16.6 Å². The first kappa shape index (κ1) is 16.7. The minimum absolute atomic E-state index is 0.0331. The third kappa shape index (κ3) is 2.76. The molecule has 26 heavy (non-hydrogen) atoms. The maximum atomic E-state index is 10.7. The van der Waals surface area contributed by atoms with Crippen LogP contribution >= 0.6 is 0 Å². The molecule has 0 aliphatic heterocycles. The van der Waals surface area contributed by atoms with Gasteiger partial charge in [0.15, 0.2) is 11.5 Å². The molecule has 3 aromatic rings. The highest BCUT2D eigenvalue weighted by atomic mass is 16.5. The first-order valence-corrected chi connectivity index (χ1v) is 8.76. The predicted octanol–water partition coefficient (Wildman–Crippen LogP) is 3.34. The van der Waals surface area contributed by atoms with Crippen molar-refractivity contribution in [1.82, 2.24) is 9.55 Å². The van der Waals surface area contributed by atoms with Crippen LogP contribution in [0.1, 0.15) is 25.0 Å². The molecule has 2 atom stereocenters. The number of rotatable bonds is 4. The summed E-state index contributed by atoms with van der Waals surface area (Å²) in [6, 6.07) is 9.21. The molecule has 1 aromatic carbocycles. The summed E-state index contributed by atoms with van der Waals surface area (Å²) in [5.41, 5.74) is 2.39. The van der Waals surface area contributed by atoms with E-state index < -0.39 is 0 Å². The zero-order valence-electron chi connectivity index (χ0n) is 14.8. The number of hydrogen-bond donors (Lipinski definition) is 2. The fourth-order valence-corrected chi connectivity index (χ4v) is 3.68. The lowest BCUT2D eigenvalue weighted by molar-refractivity contribution is 0.147. The van der Waals surface area contributed by atoms with Gasteiger partial charge in [-0.3, -0.25) is 9.55 Å². The van der Waals surface area contributed by atoms with Crippen molar-refractivity contribution in [3.05, 3.63) is 42.2 Å². The smallest absolute Gasteiger partial charge is 0.205 e. The third-order valence-electron chi connectivity index (χ3n) is 4.99. The number of pyridine rings is 1. The minimum Gasteiger partial charge on any atom is -0.494 e. The Morgan fingerprint density at radius 3 is 2.73 bits per heavy atom. The number of aliphatic hydroxyl groups excluding tert-OH is 1. The molecule has 4 rings (SSSR count). The molecule has 1 aliphatic rings. The van der Waals surface area contributed by atoms with Gasteiger partial charge in [-0.2, -0.15) is 0 Å². The number of nitrogens with zero attached hydrogens (tertiary/aromatic N) is 2. The zero-order valence-corrected chi connectivity index (χ0v) is 14.8. The van der Waals surface area contributed by atoms with Gasteiger partial charge in [0, 0.05) is 24.4 Å². The average Bonchev–Trinajstić information content (AvgIpc) is 3.17. The number of aromatic nitrogens is 2. The quantitative estimate of drug-likeness (QED) is 0.751. The summed E-state index contributed by atoms with van der Waals surface area (Å²) in [7, 11) is 1.60. The number of aryl methyl sites for hydroxylation is 1. The Labute approximate surface area is 151 Å². The fraction of sp³-hybridized carbons (Fsp3) is 0.350. The molecular formula is C20H22N2O4. The Morgan fingerprint density at radius 2 is 2.04 bits per heavy atom. The van der Waals surface area contributed by atoms with Crippen LogP contribution in [0.5, 0.6) is 17.4 Å². The molecule has 6 nitrogen and oxygen atoms in total. The summed E-state index contributed by atoms with van der Waals surface area (Å²) in [6.07, 6.45) is 3.56. The average molecular weight is 354 g/mol. The fourth-order valence-electron chi connectivity index (χ4n) is 3.68. The van der Waals surface area contributed by atoms with E-state index in [0.717, 1.165) is 29.7 Å². The maximum absolute atomic E-state index is 10.7. The SMILES string of the molecule is COc1ccc(-n2c(O)c3cccnc3c2C)cc1OC1CCC(O)C1. The Kier molecular flexibility index (Phi) is 4.20. The zero-order chi connectivity index (χ0) is 18.3. The van der Waals surface area contributed by atoms with Crippen molar-refractivity contribution in [2.24, 2.45) is 0 Å². The van der Waals surface area contributed by atoms with Crippen LogP contribution in [0, 0.1) is 6.92 Å². The van der Waals surface area contributed by atoms with E-state index >= 15 is 0 Å². The standard InChI is InChI=1S/C20H22N2O4/c1-12-19-16(4-3-9-21-19)20(24)22(12)13-5-8-17(25-2)18(10-13)26-15-7-6-14(23)11-15/h3-5,8-10,14-15,23-24H,6-7,11H2,1-2H3. The minimum atomic E-state index is -0.304. The topological polar surface area (TPSA) is 76.7 Å². The Balaban J connectivity index is 1.77. The summed E-state index contributed by atoms with van der Waals surface area (Å²) in [6.45, 7) is 1.92. The molecule has 0 bridgehead atoms. The largest absolute Gasteiger partial charge is 0.494 e. The molecule has 136 valence electrons. The van der Waals surface area contributed by atoms with Gasteiger partial charge in [-0.15, -0.1) is 0 Å². The number of benzene rings is 1. The van der Waals surface area contributed by atoms with Crippen molar-refractivity contribution in [1.29, 1.82) is 0 Å². The Morgan fingerprint density at radius 1 is 1.19 bits per heavy atom. The van der Waals surface area contributed by atoms with E-state index in [1.807, 2.05) is 31.2 Å². The second-order valence-electron chi connectivity index (χ2n) is 6.69. The van der Waals surface area contributed by atoms with Crippen LogP contribution in [0.4, 0.5) is 0 Å². The van der Waals surface area contributed by atoms with Crippen LogP contribution in [0.2, 0.25) is 0 Å². The van der Waals surface area contributed by atoms with E-state index in [0.29, 0.717) is 23.3 Å². The van der Waals surface area contributed by atoms with Crippen LogP contribution in [-0.2, 0) is 0 Å². The van der Waals surface area contributed by atoms with Gasteiger partial charge in [-0.25, -0.2) is 0 Å². The summed E-state index contributed by atoms with van der Waals surface area (Å²) in [4.78, 5) is 4.37. The second kappa shape index (κ2) is 6.53. The normalized spacial score (nSPS) is 19.8. The number of methoxy groups -OCH3 is 1. The predicted molar refractivity (Wildman–Crippen MR) is 98.3 cm³/mol. The van der Waals surface area contributed by atoms with Crippen LogP contribution in [0.3, 0.4) is 0 Å². The van der Waals surface area contributed by atoms with Crippen LogP contribution in [-0.4, -0.2) is 39.1 Å². The van der Waals surface area contributed by atoms with Gasteiger partial charge < -0.3 is 19.7 Å². The van der Waals surface area contributed by atoms with Crippen molar-refractivity contribution in [3.8, 4) is 23.1 Å². The molecule has 0 amide bonds. The molecule has 1 saturated carbocycles. The number of hydrogen-bond acceptors (Lipinski definition) is 5. The Hall–Kier alpha value is -2.73. The second-order valence-corrected chi connectivity index (χ2v) is 6.69. The lowest BCUT2D eigenvalue weighted by Crippen LogP contribution is -2.14. The van der Waals surface area contributed by atoms with Gasteiger partial charge >= 0.3 is 0 Å². The highest BCUT2D eigenvalue weighted by molar-refractivity contribution is 5.88. The van der Waals surface area contributed by atoms with Crippen molar-refractivity contribution in [3.63, 3.8) is 0 Å². The molecule has 1 fully saturated rings. The highest BCUT2D eigenvalue weighted by Gasteiger charge is 2.25. The van der Waals surface area contributed by atoms with Crippen molar-refractivity contribution >= 4 is 10.9 Å². The highest BCUT2D eigenvalue weighted by Crippen LogP contribution is 2.37. The van der Waals surface area contributed by atoms with E-state index in [1.54, 1.807) is 23.9 Å². The van der Waals surface area contributed by atoms with E-state index in [-0.39, 0.29) is 18.1 Å². The first-order chi connectivity index (χ1) is 12.6. The number of ether oxygens (including phenoxy) is 2. The van der Waals surface area contributed by atoms with E-state index in [1.165, 1.54) is 0 Å². The molecular weight excluding hydrogens is 332 g/mol. The van der Waals surface area contributed by atoms with Crippen LogP contribution in [0.15, 0.2) is 36.5 Å². The van der Waals surface area contributed by atoms with Gasteiger partial charge in [0.2, 0.25) is 5.88 Å². The van der Waals surface area contributed by atoms with Crippen molar-refractivity contribution in [2.45, 2.75) is 38.4 Å². The molecule has 2 unspecified atom stereocenters. The summed E-state index contributed by atoms with van der Waals surface area (Å²) in [5, 5.41) is 21.1. The van der Waals surface area contributed by atoms with Gasteiger partial charge in [0.1, 0.15) is 6.10 Å². The third-order valence-corrected chi connectivity index (χ3v) is 4.99. The van der Waals surface area contributed by atoms with Gasteiger partial charge in [-0.05, 0) is 44.0 Å². The number of fused-ring (bicyclic) bond motifs is 1. The van der Waals surface area contributed by atoms with Gasteiger partial charge in [0.25, 0.3) is 0 Å². The van der Waals surface area contributed by atoms with E-state index in [4.69, 9.17) is 9.47 Å². The monoisotopic (exact) mass is 354 g/mol. The lowest BCUT2D eigenvalue weighted by Gasteiger charge is -2.18.